The fourth-order valence-corrected chi connectivity index (χ4v) is 1.02. The molecule has 2 heteroatoms. The lowest BCUT2D eigenvalue weighted by Crippen LogP contribution is -2.12. The van der Waals surface area contributed by atoms with E-state index in [4.69, 9.17) is 4.74 Å². The summed E-state index contributed by atoms with van der Waals surface area (Å²) in [6.07, 6.45) is 11.1. The van der Waals surface area contributed by atoms with E-state index in [0.717, 1.165) is 6.54 Å². The summed E-state index contributed by atoms with van der Waals surface area (Å²) in [5.74, 6) is 0. The maximum atomic E-state index is 4.90. The van der Waals surface area contributed by atoms with Crippen LogP contribution >= 0.6 is 0 Å². The molecule has 1 aliphatic rings. The van der Waals surface area contributed by atoms with Crippen LogP contribution in [0.15, 0.2) is 24.9 Å². The first-order valence-electron chi connectivity index (χ1n) is 4.18. The number of nitrogens with zero attached hydrogens (tertiary/aromatic N) is 1. The Morgan fingerprint density at radius 2 is 1.91 bits per heavy atom. The van der Waals surface area contributed by atoms with Crippen molar-refractivity contribution >= 4 is 0 Å². The van der Waals surface area contributed by atoms with Crippen molar-refractivity contribution in [1.82, 2.24) is 4.90 Å². The molecule has 0 saturated carbocycles. The molecule has 2 nitrogen and oxygen atoms in total. The summed E-state index contributed by atoms with van der Waals surface area (Å²) in [5.41, 5.74) is 0. The molecule has 0 fully saturated rings. The summed E-state index contributed by atoms with van der Waals surface area (Å²) in [5, 5.41) is 0. The zero-order chi connectivity index (χ0) is 7.94. The Balaban J connectivity index is 2.10. The molecular formula is C9H15NO. The highest BCUT2D eigenvalue weighted by atomic mass is 16.5. The number of ether oxygens (including phenoxy) is 1. The van der Waals surface area contributed by atoms with Gasteiger partial charge in [-0.2, -0.15) is 0 Å². The first-order chi connectivity index (χ1) is 5.43. The molecule has 11 heavy (non-hydrogen) atoms. The van der Waals surface area contributed by atoms with E-state index >= 15 is 0 Å². The van der Waals surface area contributed by atoms with E-state index in [-0.39, 0.29) is 0 Å². The van der Waals surface area contributed by atoms with Crippen LogP contribution in [0.25, 0.3) is 0 Å². The van der Waals surface area contributed by atoms with Crippen molar-refractivity contribution in [2.75, 3.05) is 6.54 Å². The SMILES string of the molecule is CCCCCN1C=COC=C1. The van der Waals surface area contributed by atoms with Gasteiger partial charge in [0.1, 0.15) is 12.5 Å². The average Bonchev–Trinajstić information content (AvgIpc) is 2.07. The molecule has 0 aromatic heterocycles. The molecule has 0 aromatic rings. The fraction of sp³-hybridized carbons (Fsp3) is 0.556. The molecule has 1 heterocycles. The largest absolute Gasteiger partial charge is 0.470 e. The van der Waals surface area contributed by atoms with E-state index in [1.54, 1.807) is 12.5 Å². The molecule has 0 atom stereocenters. The van der Waals surface area contributed by atoms with Gasteiger partial charge in [0.2, 0.25) is 0 Å². The molecule has 0 radical (unpaired) electrons. The molecule has 0 amide bonds. The van der Waals surface area contributed by atoms with Crippen LogP contribution < -0.4 is 0 Å². The van der Waals surface area contributed by atoms with Crippen molar-refractivity contribution in [3.8, 4) is 0 Å². The minimum Gasteiger partial charge on any atom is -0.470 e. The van der Waals surface area contributed by atoms with Crippen molar-refractivity contribution in [2.45, 2.75) is 26.2 Å². The van der Waals surface area contributed by atoms with Crippen LogP contribution in [0.2, 0.25) is 0 Å². The Bertz CT molecular complexity index is 140. The van der Waals surface area contributed by atoms with Gasteiger partial charge >= 0.3 is 0 Å². The number of hydrogen-bond donors (Lipinski definition) is 0. The second kappa shape index (κ2) is 4.83. The Morgan fingerprint density at radius 3 is 2.55 bits per heavy atom. The fourth-order valence-electron chi connectivity index (χ4n) is 1.02. The molecule has 1 aliphatic heterocycles. The molecule has 0 saturated heterocycles. The van der Waals surface area contributed by atoms with Crippen molar-refractivity contribution < 1.29 is 4.74 Å². The van der Waals surface area contributed by atoms with Gasteiger partial charge in [0.25, 0.3) is 0 Å². The van der Waals surface area contributed by atoms with E-state index in [9.17, 15) is 0 Å². The summed E-state index contributed by atoms with van der Waals surface area (Å²) >= 11 is 0. The van der Waals surface area contributed by atoms with Crippen LogP contribution in [0, 0.1) is 0 Å². The first-order valence-corrected chi connectivity index (χ1v) is 4.18. The van der Waals surface area contributed by atoms with Gasteiger partial charge in [-0.15, -0.1) is 0 Å². The Morgan fingerprint density at radius 1 is 1.18 bits per heavy atom. The number of hydrogen-bond acceptors (Lipinski definition) is 2. The van der Waals surface area contributed by atoms with Crippen molar-refractivity contribution in [1.29, 1.82) is 0 Å². The van der Waals surface area contributed by atoms with Gasteiger partial charge in [-0.05, 0) is 6.42 Å². The van der Waals surface area contributed by atoms with Gasteiger partial charge in [-0.1, -0.05) is 19.8 Å². The monoisotopic (exact) mass is 153 g/mol. The minimum atomic E-state index is 1.10. The second-order valence-electron chi connectivity index (χ2n) is 2.65. The van der Waals surface area contributed by atoms with Gasteiger partial charge in [0.15, 0.2) is 0 Å². The number of rotatable bonds is 4. The molecule has 0 N–H and O–H groups in total. The Kier molecular flexibility index (Phi) is 3.59. The second-order valence-corrected chi connectivity index (χ2v) is 2.65. The third-order valence-corrected chi connectivity index (χ3v) is 1.68. The zero-order valence-corrected chi connectivity index (χ0v) is 6.99. The lowest BCUT2D eigenvalue weighted by atomic mass is 10.2. The van der Waals surface area contributed by atoms with Gasteiger partial charge < -0.3 is 9.64 Å². The molecule has 0 bridgehead atoms. The standard InChI is InChI=1S/C9H15NO/c1-2-3-4-5-10-6-8-11-9-7-10/h6-9H,2-5H2,1H3. The highest BCUT2D eigenvalue weighted by Gasteiger charge is 1.96. The predicted molar refractivity (Wildman–Crippen MR) is 45.6 cm³/mol. The van der Waals surface area contributed by atoms with Crippen LogP contribution in [-0.4, -0.2) is 11.4 Å². The Labute approximate surface area is 68.1 Å². The summed E-state index contributed by atoms with van der Waals surface area (Å²) in [6.45, 7) is 3.31. The molecule has 0 aromatic carbocycles. The van der Waals surface area contributed by atoms with E-state index in [0.29, 0.717) is 0 Å². The van der Waals surface area contributed by atoms with Crippen molar-refractivity contribution in [3.05, 3.63) is 24.9 Å². The van der Waals surface area contributed by atoms with Gasteiger partial charge in [0, 0.05) is 18.9 Å². The van der Waals surface area contributed by atoms with Crippen LogP contribution in [0.3, 0.4) is 0 Å². The smallest absolute Gasteiger partial charge is 0.106 e. The molecular weight excluding hydrogens is 138 g/mol. The van der Waals surface area contributed by atoms with E-state index in [2.05, 4.69) is 11.8 Å². The summed E-state index contributed by atoms with van der Waals surface area (Å²) in [7, 11) is 0. The maximum Gasteiger partial charge on any atom is 0.106 e. The van der Waals surface area contributed by atoms with E-state index < -0.39 is 0 Å². The zero-order valence-electron chi connectivity index (χ0n) is 6.99. The van der Waals surface area contributed by atoms with Gasteiger partial charge in [-0.25, -0.2) is 0 Å². The molecule has 0 spiro atoms. The van der Waals surface area contributed by atoms with Crippen LogP contribution in [0.1, 0.15) is 26.2 Å². The van der Waals surface area contributed by atoms with Gasteiger partial charge in [0.05, 0.1) is 0 Å². The normalized spacial score (nSPS) is 15.2. The quantitative estimate of drug-likeness (QED) is 0.575. The third kappa shape index (κ3) is 3.12. The lowest BCUT2D eigenvalue weighted by molar-refractivity contribution is 0.341. The number of unbranched alkanes of at least 4 members (excludes halogenated alkanes) is 2. The summed E-state index contributed by atoms with van der Waals surface area (Å²) < 4.78 is 4.90. The summed E-state index contributed by atoms with van der Waals surface area (Å²) in [6, 6.07) is 0. The predicted octanol–water partition coefficient (Wildman–Crippen LogP) is 2.45. The highest BCUT2D eigenvalue weighted by molar-refractivity contribution is 4.91. The van der Waals surface area contributed by atoms with Crippen molar-refractivity contribution in [3.63, 3.8) is 0 Å². The average molecular weight is 153 g/mol. The molecule has 0 unspecified atom stereocenters. The third-order valence-electron chi connectivity index (χ3n) is 1.68. The van der Waals surface area contributed by atoms with Crippen LogP contribution in [-0.2, 0) is 4.74 Å². The topological polar surface area (TPSA) is 12.5 Å². The summed E-state index contributed by atoms with van der Waals surface area (Å²) in [4.78, 5) is 2.14. The van der Waals surface area contributed by atoms with Gasteiger partial charge in [-0.3, -0.25) is 0 Å². The van der Waals surface area contributed by atoms with E-state index in [1.165, 1.54) is 19.3 Å². The van der Waals surface area contributed by atoms with Crippen molar-refractivity contribution in [2.24, 2.45) is 0 Å². The molecule has 62 valence electrons. The Hall–Kier alpha value is -0.920. The molecule has 1 rings (SSSR count). The van der Waals surface area contributed by atoms with E-state index in [1.807, 2.05) is 12.4 Å². The van der Waals surface area contributed by atoms with Crippen LogP contribution in [0.4, 0.5) is 0 Å². The first kappa shape index (κ1) is 8.18. The molecule has 0 aliphatic carbocycles. The lowest BCUT2D eigenvalue weighted by Gasteiger charge is -2.16. The highest BCUT2D eigenvalue weighted by Crippen LogP contribution is 2.03. The maximum absolute atomic E-state index is 4.90. The minimum absolute atomic E-state index is 1.10. The van der Waals surface area contributed by atoms with Crippen LogP contribution in [0.5, 0.6) is 0 Å².